The van der Waals surface area contributed by atoms with Crippen molar-refractivity contribution < 1.29 is 14.3 Å². The number of likely N-dealkylation sites (N-methyl/N-ethyl adjacent to an activating group) is 1. The summed E-state index contributed by atoms with van der Waals surface area (Å²) in [4.78, 5) is 17.2. The van der Waals surface area contributed by atoms with E-state index >= 15 is 0 Å². The van der Waals surface area contributed by atoms with E-state index in [0.717, 1.165) is 55.9 Å². The topological polar surface area (TPSA) is 54.0 Å². The van der Waals surface area contributed by atoms with Gasteiger partial charge in [0.25, 0.3) is 0 Å². The summed E-state index contributed by atoms with van der Waals surface area (Å²) in [5.41, 5.74) is 3.22. The van der Waals surface area contributed by atoms with Crippen LogP contribution < -0.4 is 19.7 Å². The van der Waals surface area contributed by atoms with Gasteiger partial charge in [0.1, 0.15) is 0 Å². The number of nitrogens with one attached hydrogen (secondary N) is 1. The predicted molar refractivity (Wildman–Crippen MR) is 130 cm³/mol. The van der Waals surface area contributed by atoms with Gasteiger partial charge in [0.2, 0.25) is 5.91 Å². The van der Waals surface area contributed by atoms with E-state index in [1.54, 1.807) is 19.3 Å². The second-order valence-electron chi connectivity index (χ2n) is 8.08. The van der Waals surface area contributed by atoms with E-state index in [-0.39, 0.29) is 5.91 Å². The number of carbonyl (C=O) groups is 1. The molecule has 0 bridgehead atoms. The molecule has 172 valence electrons. The molecule has 1 aliphatic rings. The van der Waals surface area contributed by atoms with Crippen molar-refractivity contribution in [3.63, 3.8) is 0 Å². The highest BCUT2D eigenvalue weighted by Gasteiger charge is 2.16. The van der Waals surface area contributed by atoms with Crippen molar-refractivity contribution in [3.05, 3.63) is 59.7 Å². The largest absolute Gasteiger partial charge is 0.493 e. The van der Waals surface area contributed by atoms with Gasteiger partial charge in [0.05, 0.1) is 13.7 Å². The number of hydrogen-bond donors (Lipinski definition) is 1. The lowest BCUT2D eigenvalue weighted by Crippen LogP contribution is -2.45. The van der Waals surface area contributed by atoms with Crippen molar-refractivity contribution in [1.82, 2.24) is 10.2 Å². The molecule has 0 saturated carbocycles. The fourth-order valence-corrected chi connectivity index (χ4v) is 3.66. The maximum absolute atomic E-state index is 12.4. The third-order valence-electron chi connectivity index (χ3n) is 5.66. The first kappa shape index (κ1) is 23.7. The zero-order chi connectivity index (χ0) is 22.8. The number of anilines is 1. The second-order valence-corrected chi connectivity index (χ2v) is 8.08. The first-order chi connectivity index (χ1) is 15.6. The molecule has 0 unspecified atom stereocenters. The number of para-hydroxylation sites is 1. The van der Waals surface area contributed by atoms with Crippen molar-refractivity contribution in [2.75, 3.05) is 51.8 Å². The summed E-state index contributed by atoms with van der Waals surface area (Å²) in [7, 11) is 3.78. The Morgan fingerprint density at radius 1 is 1.09 bits per heavy atom. The number of carbonyl (C=O) groups excluding carboxylic acids is 1. The molecule has 3 rings (SSSR count). The first-order valence-electron chi connectivity index (χ1n) is 11.4. The molecule has 1 amide bonds. The summed E-state index contributed by atoms with van der Waals surface area (Å²) < 4.78 is 11.2. The minimum Gasteiger partial charge on any atom is -0.493 e. The van der Waals surface area contributed by atoms with Crippen LogP contribution >= 0.6 is 0 Å². The maximum atomic E-state index is 12.4. The van der Waals surface area contributed by atoms with Crippen LogP contribution in [0, 0.1) is 0 Å². The normalized spacial score (nSPS) is 14.5. The quantitative estimate of drug-likeness (QED) is 0.451. The van der Waals surface area contributed by atoms with Crippen LogP contribution in [0.5, 0.6) is 11.5 Å². The Morgan fingerprint density at radius 2 is 1.88 bits per heavy atom. The molecule has 2 aromatic rings. The van der Waals surface area contributed by atoms with Gasteiger partial charge < -0.3 is 24.6 Å². The number of nitrogens with zero attached hydrogens (tertiary/aromatic N) is 2. The van der Waals surface area contributed by atoms with E-state index in [9.17, 15) is 4.79 Å². The summed E-state index contributed by atoms with van der Waals surface area (Å²) in [5, 5.41) is 3.01. The van der Waals surface area contributed by atoms with Gasteiger partial charge in [-0.05, 0) is 48.9 Å². The minimum atomic E-state index is -0.125. The Balaban J connectivity index is 1.57. The smallest absolute Gasteiger partial charge is 0.244 e. The van der Waals surface area contributed by atoms with Gasteiger partial charge >= 0.3 is 0 Å². The van der Waals surface area contributed by atoms with Gasteiger partial charge in [-0.3, -0.25) is 4.79 Å². The molecule has 1 fully saturated rings. The lowest BCUT2D eigenvalue weighted by molar-refractivity contribution is -0.116. The summed E-state index contributed by atoms with van der Waals surface area (Å²) >= 11 is 0. The molecule has 1 N–H and O–H groups in total. The van der Waals surface area contributed by atoms with E-state index < -0.39 is 0 Å². The van der Waals surface area contributed by atoms with Crippen LogP contribution in [-0.4, -0.2) is 57.8 Å². The molecule has 1 saturated heterocycles. The molecule has 6 heteroatoms. The fraction of sp³-hybridized carbons (Fsp3) is 0.423. The molecular weight excluding hydrogens is 402 g/mol. The number of unbranched alkanes of at least 4 members (excludes halogenated alkanes) is 1. The Labute approximate surface area is 191 Å². The number of methoxy groups -OCH3 is 1. The molecular formula is C26H35N3O3. The van der Waals surface area contributed by atoms with Crippen molar-refractivity contribution in [3.8, 4) is 11.5 Å². The van der Waals surface area contributed by atoms with Gasteiger partial charge in [-0.2, -0.15) is 0 Å². The fourth-order valence-electron chi connectivity index (χ4n) is 3.66. The number of rotatable bonds is 10. The number of amides is 1. The Hall–Kier alpha value is -2.99. The van der Waals surface area contributed by atoms with Crippen LogP contribution in [0.15, 0.2) is 48.5 Å². The number of ether oxygens (including phenoxy) is 2. The van der Waals surface area contributed by atoms with Crippen molar-refractivity contribution in [2.24, 2.45) is 0 Å². The zero-order valence-electron chi connectivity index (χ0n) is 19.5. The summed E-state index contributed by atoms with van der Waals surface area (Å²) in [6, 6.07) is 14.0. The first-order valence-corrected chi connectivity index (χ1v) is 11.4. The van der Waals surface area contributed by atoms with Crippen LogP contribution in [0.25, 0.3) is 6.08 Å². The SMILES string of the molecule is CCCCOc1ccc(/C=C/C(=O)NCc2ccccc2N2CCN(C)CC2)cc1OC. The third-order valence-corrected chi connectivity index (χ3v) is 5.66. The molecule has 1 heterocycles. The van der Waals surface area contributed by atoms with E-state index in [4.69, 9.17) is 9.47 Å². The van der Waals surface area contributed by atoms with Gasteiger partial charge in [-0.1, -0.05) is 37.6 Å². The number of benzene rings is 2. The van der Waals surface area contributed by atoms with Crippen LogP contribution in [-0.2, 0) is 11.3 Å². The monoisotopic (exact) mass is 437 g/mol. The van der Waals surface area contributed by atoms with E-state index in [0.29, 0.717) is 18.9 Å². The summed E-state index contributed by atoms with van der Waals surface area (Å²) in [6.07, 6.45) is 5.44. The highest BCUT2D eigenvalue weighted by molar-refractivity contribution is 5.91. The predicted octanol–water partition coefficient (Wildman–Crippen LogP) is 3.96. The Bertz CT molecular complexity index is 905. The van der Waals surface area contributed by atoms with Crippen LogP contribution in [0.2, 0.25) is 0 Å². The van der Waals surface area contributed by atoms with Crippen molar-refractivity contribution in [2.45, 2.75) is 26.3 Å². The number of piperazine rings is 1. The zero-order valence-corrected chi connectivity index (χ0v) is 19.5. The lowest BCUT2D eigenvalue weighted by Gasteiger charge is -2.35. The second kappa shape index (κ2) is 12.2. The molecule has 32 heavy (non-hydrogen) atoms. The molecule has 0 radical (unpaired) electrons. The number of hydrogen-bond acceptors (Lipinski definition) is 5. The Kier molecular flexibility index (Phi) is 8.99. The van der Waals surface area contributed by atoms with Gasteiger partial charge in [-0.15, -0.1) is 0 Å². The van der Waals surface area contributed by atoms with Crippen LogP contribution in [0.3, 0.4) is 0 Å². The van der Waals surface area contributed by atoms with E-state index in [2.05, 4.69) is 47.3 Å². The van der Waals surface area contributed by atoms with E-state index in [1.807, 2.05) is 24.3 Å². The molecule has 2 aromatic carbocycles. The highest BCUT2D eigenvalue weighted by Crippen LogP contribution is 2.28. The average Bonchev–Trinajstić information content (AvgIpc) is 2.82. The van der Waals surface area contributed by atoms with Crippen molar-refractivity contribution >= 4 is 17.7 Å². The van der Waals surface area contributed by atoms with Gasteiger partial charge in [0, 0.05) is 44.5 Å². The molecule has 6 nitrogen and oxygen atoms in total. The standard InChI is InChI=1S/C26H35N3O3/c1-4-5-18-32-24-12-10-21(19-25(24)31-3)11-13-26(30)27-20-22-8-6-7-9-23(22)29-16-14-28(2)15-17-29/h6-13,19H,4-5,14-18,20H2,1-3H3,(H,27,30)/b13-11+. The summed E-state index contributed by atoms with van der Waals surface area (Å²) in [5.74, 6) is 1.27. The van der Waals surface area contributed by atoms with Crippen LogP contribution in [0.4, 0.5) is 5.69 Å². The summed E-state index contributed by atoms with van der Waals surface area (Å²) in [6.45, 7) is 7.40. The highest BCUT2D eigenvalue weighted by atomic mass is 16.5. The lowest BCUT2D eigenvalue weighted by atomic mass is 10.1. The molecule has 0 aliphatic carbocycles. The van der Waals surface area contributed by atoms with Crippen LogP contribution in [0.1, 0.15) is 30.9 Å². The molecule has 0 aromatic heterocycles. The third kappa shape index (κ3) is 6.76. The average molecular weight is 438 g/mol. The van der Waals surface area contributed by atoms with E-state index in [1.165, 1.54) is 5.69 Å². The van der Waals surface area contributed by atoms with Gasteiger partial charge in [0.15, 0.2) is 11.5 Å². The Morgan fingerprint density at radius 3 is 2.62 bits per heavy atom. The molecule has 1 aliphatic heterocycles. The minimum absolute atomic E-state index is 0.125. The molecule has 0 spiro atoms. The van der Waals surface area contributed by atoms with Crippen molar-refractivity contribution in [1.29, 1.82) is 0 Å². The maximum Gasteiger partial charge on any atom is 0.244 e. The van der Waals surface area contributed by atoms with Gasteiger partial charge in [-0.25, -0.2) is 0 Å². The molecule has 0 atom stereocenters.